The first kappa shape index (κ1) is 22.9. The Labute approximate surface area is 176 Å². The number of nitrogens with zero attached hydrogens (tertiary/aromatic N) is 1. The van der Waals surface area contributed by atoms with Gasteiger partial charge in [0.25, 0.3) is 0 Å². The molecule has 2 atom stereocenters. The van der Waals surface area contributed by atoms with Crippen molar-refractivity contribution in [3.8, 4) is 5.75 Å². The maximum absolute atomic E-state index is 14.7. The van der Waals surface area contributed by atoms with Crippen LogP contribution in [0, 0.1) is 11.7 Å². The molecule has 30 heavy (non-hydrogen) atoms. The van der Waals surface area contributed by atoms with Crippen LogP contribution in [0.4, 0.5) is 4.39 Å². The van der Waals surface area contributed by atoms with Gasteiger partial charge in [-0.25, -0.2) is 17.5 Å². The Balaban J connectivity index is 1.43. The molecule has 1 unspecified atom stereocenters. The van der Waals surface area contributed by atoms with E-state index in [0.717, 1.165) is 12.8 Å². The number of sulfonamides is 1. The average Bonchev–Trinajstić information content (AvgIpc) is 3.44. The number of rotatable bonds is 12. The Morgan fingerprint density at radius 2 is 2.10 bits per heavy atom. The summed E-state index contributed by atoms with van der Waals surface area (Å²) in [5, 5.41) is 12.0. The van der Waals surface area contributed by atoms with E-state index in [-0.39, 0.29) is 29.5 Å². The number of hydrogen-bond donors (Lipinski definition) is 3. The Bertz CT molecular complexity index is 847. The van der Waals surface area contributed by atoms with Crippen molar-refractivity contribution in [2.45, 2.75) is 51.4 Å². The molecule has 1 heterocycles. The molecule has 1 saturated heterocycles. The van der Waals surface area contributed by atoms with E-state index in [1.165, 1.54) is 0 Å². The van der Waals surface area contributed by atoms with Gasteiger partial charge in [-0.15, -0.1) is 0 Å². The van der Waals surface area contributed by atoms with Gasteiger partial charge < -0.3 is 15.2 Å². The van der Waals surface area contributed by atoms with E-state index in [4.69, 9.17) is 4.74 Å². The second-order valence-electron chi connectivity index (χ2n) is 8.04. The van der Waals surface area contributed by atoms with Gasteiger partial charge in [0.2, 0.25) is 15.9 Å². The number of aliphatic hydroxyl groups excluding tert-OH is 1. The van der Waals surface area contributed by atoms with E-state index in [2.05, 4.69) is 10.0 Å². The van der Waals surface area contributed by atoms with E-state index in [0.29, 0.717) is 38.3 Å². The normalized spacial score (nSPS) is 20.9. The molecule has 1 aliphatic heterocycles. The van der Waals surface area contributed by atoms with Gasteiger partial charge in [-0.3, -0.25) is 9.69 Å². The van der Waals surface area contributed by atoms with E-state index >= 15 is 0 Å². The Morgan fingerprint density at radius 1 is 1.33 bits per heavy atom. The van der Waals surface area contributed by atoms with Gasteiger partial charge in [0.15, 0.2) is 17.9 Å². The molecule has 1 amide bonds. The second kappa shape index (κ2) is 10.0. The quantitative estimate of drug-likeness (QED) is 0.422. The van der Waals surface area contributed by atoms with Crippen LogP contribution < -0.4 is 14.8 Å². The van der Waals surface area contributed by atoms with E-state index < -0.39 is 28.2 Å². The number of benzene rings is 1. The molecule has 0 aromatic heterocycles. The van der Waals surface area contributed by atoms with Crippen LogP contribution in [0.15, 0.2) is 18.2 Å². The lowest BCUT2D eigenvalue weighted by Crippen LogP contribution is -2.36. The summed E-state index contributed by atoms with van der Waals surface area (Å²) in [6.07, 6.45) is 2.96. The molecule has 3 rings (SSSR count). The van der Waals surface area contributed by atoms with Gasteiger partial charge >= 0.3 is 0 Å². The van der Waals surface area contributed by atoms with E-state index in [1.54, 1.807) is 30.0 Å². The number of nitrogens with one attached hydrogen (secondary N) is 2. The number of ether oxygens (including phenoxy) is 1. The van der Waals surface area contributed by atoms with Gasteiger partial charge in [-0.2, -0.15) is 0 Å². The molecular formula is C20H30FN3O5S. The minimum atomic E-state index is -3.58. The maximum Gasteiger partial charge on any atom is 0.237 e. The van der Waals surface area contributed by atoms with E-state index in [1.807, 2.05) is 0 Å². The molecule has 1 aromatic rings. The zero-order chi connectivity index (χ0) is 21.7. The van der Waals surface area contributed by atoms with Crippen LogP contribution in [-0.4, -0.2) is 56.1 Å². The Hall–Kier alpha value is -1.75. The first-order valence-corrected chi connectivity index (χ1v) is 12.0. The lowest BCUT2D eigenvalue weighted by molar-refractivity contribution is -0.119. The van der Waals surface area contributed by atoms with Crippen molar-refractivity contribution < 1.29 is 27.4 Å². The zero-order valence-electron chi connectivity index (χ0n) is 17.1. The fourth-order valence-corrected chi connectivity index (χ4v) is 4.76. The van der Waals surface area contributed by atoms with Crippen molar-refractivity contribution >= 4 is 15.9 Å². The molecule has 1 aromatic carbocycles. The fraction of sp³-hybridized carbons (Fsp3) is 0.650. The van der Waals surface area contributed by atoms with Crippen molar-refractivity contribution in [2.75, 3.05) is 25.4 Å². The topological polar surface area (TPSA) is 108 Å². The van der Waals surface area contributed by atoms with Gasteiger partial charge in [0, 0.05) is 18.2 Å². The average molecular weight is 444 g/mol. The van der Waals surface area contributed by atoms with Crippen molar-refractivity contribution in [1.82, 2.24) is 14.9 Å². The highest BCUT2D eigenvalue weighted by atomic mass is 32.2. The first-order valence-electron chi connectivity index (χ1n) is 10.4. The van der Waals surface area contributed by atoms with Crippen molar-refractivity contribution in [3.05, 3.63) is 29.6 Å². The summed E-state index contributed by atoms with van der Waals surface area (Å²) in [4.78, 5) is 12.8. The smallest absolute Gasteiger partial charge is 0.237 e. The van der Waals surface area contributed by atoms with Gasteiger partial charge in [-0.05, 0) is 44.6 Å². The first-order chi connectivity index (χ1) is 14.2. The highest BCUT2D eigenvalue weighted by molar-refractivity contribution is 7.89. The zero-order valence-corrected chi connectivity index (χ0v) is 18.0. The summed E-state index contributed by atoms with van der Waals surface area (Å²) in [6.45, 7) is 2.74. The summed E-state index contributed by atoms with van der Waals surface area (Å²) >= 11 is 0. The van der Waals surface area contributed by atoms with Crippen molar-refractivity contribution in [2.24, 2.45) is 5.92 Å². The molecule has 8 nitrogen and oxygen atoms in total. The highest BCUT2D eigenvalue weighted by Crippen LogP contribution is 2.31. The number of carbonyl (C=O) groups excluding carboxylic acids is 1. The monoisotopic (exact) mass is 443 g/mol. The van der Waals surface area contributed by atoms with Gasteiger partial charge in [0.1, 0.15) is 0 Å². The van der Waals surface area contributed by atoms with Crippen LogP contribution in [0.2, 0.25) is 0 Å². The van der Waals surface area contributed by atoms with Crippen LogP contribution in [0.25, 0.3) is 0 Å². The Morgan fingerprint density at radius 3 is 2.77 bits per heavy atom. The molecule has 1 aliphatic carbocycles. The van der Waals surface area contributed by atoms with Crippen LogP contribution in [0.5, 0.6) is 5.75 Å². The lowest BCUT2D eigenvalue weighted by atomic mass is 10.1. The van der Waals surface area contributed by atoms with E-state index in [9.17, 15) is 22.7 Å². The molecular weight excluding hydrogens is 413 g/mol. The maximum atomic E-state index is 14.7. The van der Waals surface area contributed by atoms with Gasteiger partial charge in [0.05, 0.1) is 18.9 Å². The van der Waals surface area contributed by atoms with Crippen LogP contribution in [0.3, 0.4) is 0 Å². The number of halogens is 1. The SMILES string of the molecule is C[C@@H](NS(=O)(=O)CCCCCN1CC(=O)NC1O)c1cccc(OCC2CC2)c1F. The summed E-state index contributed by atoms with van der Waals surface area (Å²) in [7, 11) is -3.58. The Kier molecular flexibility index (Phi) is 7.67. The summed E-state index contributed by atoms with van der Waals surface area (Å²) in [5.41, 5.74) is 0.257. The van der Waals surface area contributed by atoms with Gasteiger partial charge in [-0.1, -0.05) is 18.6 Å². The van der Waals surface area contributed by atoms with Crippen molar-refractivity contribution in [3.63, 3.8) is 0 Å². The molecule has 10 heteroatoms. The summed E-state index contributed by atoms with van der Waals surface area (Å²) < 4.78 is 47.5. The summed E-state index contributed by atoms with van der Waals surface area (Å²) in [5.74, 6) is -0.175. The molecule has 1 saturated carbocycles. The number of hydrogen-bond acceptors (Lipinski definition) is 6. The minimum absolute atomic E-state index is 0.0729. The third-order valence-corrected chi connectivity index (χ3v) is 6.87. The molecule has 0 bridgehead atoms. The number of carbonyl (C=O) groups is 1. The lowest BCUT2D eigenvalue weighted by Gasteiger charge is -2.18. The molecule has 0 spiro atoms. The number of aliphatic hydroxyl groups is 1. The molecule has 2 fully saturated rings. The predicted molar refractivity (Wildman–Crippen MR) is 110 cm³/mol. The molecule has 168 valence electrons. The van der Waals surface area contributed by atoms with Crippen LogP contribution in [-0.2, 0) is 14.8 Å². The number of amides is 1. The van der Waals surface area contributed by atoms with Crippen LogP contribution >= 0.6 is 0 Å². The largest absolute Gasteiger partial charge is 0.490 e. The predicted octanol–water partition coefficient (Wildman–Crippen LogP) is 1.47. The molecule has 2 aliphatic rings. The second-order valence-corrected chi connectivity index (χ2v) is 9.92. The summed E-state index contributed by atoms with van der Waals surface area (Å²) in [6, 6.07) is 4.07. The standard InChI is InChI=1S/C20H30FN3O5S/c1-14(16-6-5-7-17(19(16)21)29-13-15-8-9-15)23-30(27,28)11-4-2-3-10-24-12-18(25)22-20(24)26/h5-7,14-15,20,23,26H,2-4,8-13H2,1H3,(H,22,25)/t14-,20?/m1/s1. The molecule has 0 radical (unpaired) electrons. The number of unbranched alkanes of at least 4 members (excludes halogenated alkanes) is 2. The molecule has 3 N–H and O–H groups in total. The van der Waals surface area contributed by atoms with Crippen molar-refractivity contribution in [1.29, 1.82) is 0 Å². The minimum Gasteiger partial charge on any atom is -0.490 e. The highest BCUT2D eigenvalue weighted by Gasteiger charge is 2.27. The third-order valence-electron chi connectivity index (χ3n) is 5.33. The third kappa shape index (κ3) is 6.63. The fourth-order valence-electron chi connectivity index (χ4n) is 3.39. The van der Waals surface area contributed by atoms with Crippen LogP contribution in [0.1, 0.15) is 50.6 Å².